The van der Waals surface area contributed by atoms with Crippen LogP contribution in [-0.4, -0.2) is 54.0 Å². The van der Waals surface area contributed by atoms with Gasteiger partial charge in [0.05, 0.1) is 23.4 Å². The predicted octanol–water partition coefficient (Wildman–Crippen LogP) is 4.47. The number of anilines is 1. The normalized spacial score (nSPS) is 17.0. The maximum absolute atomic E-state index is 13.2. The summed E-state index contributed by atoms with van der Waals surface area (Å²) < 4.78 is 33.0. The van der Waals surface area contributed by atoms with Crippen LogP contribution in [0.1, 0.15) is 47.5 Å². The van der Waals surface area contributed by atoms with Crippen LogP contribution in [0.15, 0.2) is 18.2 Å². The van der Waals surface area contributed by atoms with Gasteiger partial charge in [0.25, 0.3) is 0 Å². The Morgan fingerprint density at radius 3 is 2.70 bits per heavy atom. The zero-order valence-corrected chi connectivity index (χ0v) is 22.9. The highest BCUT2D eigenvalue weighted by atomic mass is 35.5. The van der Waals surface area contributed by atoms with Gasteiger partial charge in [-0.1, -0.05) is 17.7 Å². The fourth-order valence-electron chi connectivity index (χ4n) is 5.04. The molecule has 0 radical (unpaired) electrons. The zero-order valence-electron chi connectivity index (χ0n) is 20.5. The lowest BCUT2D eigenvalue weighted by molar-refractivity contribution is -0.142. The van der Waals surface area contributed by atoms with Crippen LogP contribution in [0, 0.1) is 5.92 Å². The lowest BCUT2D eigenvalue weighted by atomic mass is 9.97. The first-order chi connectivity index (χ1) is 17.7. The van der Waals surface area contributed by atoms with Gasteiger partial charge in [-0.05, 0) is 61.8 Å². The summed E-state index contributed by atoms with van der Waals surface area (Å²) in [5.41, 5.74) is 2.20. The molecule has 1 saturated heterocycles. The predicted molar refractivity (Wildman–Crippen MR) is 144 cm³/mol. The second kappa shape index (κ2) is 10.7. The number of halogens is 1. The van der Waals surface area contributed by atoms with Crippen LogP contribution in [0.5, 0.6) is 5.75 Å². The number of fused-ring (bicyclic) bond motifs is 3. The molecule has 3 aromatic rings. The van der Waals surface area contributed by atoms with E-state index in [9.17, 15) is 18.3 Å². The Morgan fingerprint density at radius 2 is 2.00 bits per heavy atom. The molecule has 3 heterocycles. The highest BCUT2D eigenvalue weighted by molar-refractivity contribution is 7.88. The van der Waals surface area contributed by atoms with Gasteiger partial charge in [0.15, 0.2) is 0 Å². The Hall–Kier alpha value is -2.47. The van der Waals surface area contributed by atoms with E-state index in [1.54, 1.807) is 18.4 Å². The molecule has 37 heavy (non-hydrogen) atoms. The summed E-state index contributed by atoms with van der Waals surface area (Å²) in [5, 5.41) is 14.1. The van der Waals surface area contributed by atoms with Crippen molar-refractivity contribution in [2.45, 2.75) is 50.8 Å². The number of methoxy groups -OCH3 is 1. The number of aromatic nitrogens is 2. The Labute approximate surface area is 224 Å². The third-order valence-corrected chi connectivity index (χ3v) is 10.3. The Bertz CT molecular complexity index is 1430. The summed E-state index contributed by atoms with van der Waals surface area (Å²) in [5.74, 6) is -0.235. The van der Waals surface area contributed by atoms with Gasteiger partial charge >= 0.3 is 5.97 Å². The fraction of sp³-hybridized carbons (Fsp3) is 0.480. The van der Waals surface area contributed by atoms with Gasteiger partial charge in [0.1, 0.15) is 28.0 Å². The minimum atomic E-state index is -3.69. The first-order valence-corrected chi connectivity index (χ1v) is 15.1. The Kier molecular flexibility index (Phi) is 7.58. The molecule has 1 aliphatic carbocycles. The molecule has 2 aromatic heterocycles. The number of nitrogens with zero attached hydrogens (tertiary/aromatic N) is 3. The highest BCUT2D eigenvalue weighted by Gasteiger charge is 2.32. The number of hydrogen-bond acceptors (Lipinski definition) is 8. The van der Waals surface area contributed by atoms with Gasteiger partial charge in [-0.15, -0.1) is 11.3 Å². The molecule has 0 bridgehead atoms. The van der Waals surface area contributed by atoms with Crippen molar-refractivity contribution in [3.63, 3.8) is 0 Å². The summed E-state index contributed by atoms with van der Waals surface area (Å²) in [6, 6.07) is 5.57. The number of ether oxygens (including phenoxy) is 1. The average molecular weight is 565 g/mol. The number of sulfonamides is 1. The largest absolute Gasteiger partial charge is 0.495 e. The number of benzene rings is 1. The van der Waals surface area contributed by atoms with E-state index in [1.165, 1.54) is 14.7 Å². The third-order valence-electron chi connectivity index (χ3n) is 7.05. The quantitative estimate of drug-likeness (QED) is 0.411. The van der Waals surface area contributed by atoms with Gasteiger partial charge in [-0.25, -0.2) is 22.7 Å². The highest BCUT2D eigenvalue weighted by Crippen LogP contribution is 2.39. The third kappa shape index (κ3) is 5.55. The van der Waals surface area contributed by atoms with Gasteiger partial charge in [-0.3, -0.25) is 4.79 Å². The van der Waals surface area contributed by atoms with Gasteiger partial charge in [-0.2, -0.15) is 0 Å². The number of aliphatic carboxylic acids is 1. The number of carbonyl (C=O) groups is 1. The van der Waals surface area contributed by atoms with Crippen LogP contribution < -0.4 is 10.1 Å². The van der Waals surface area contributed by atoms with Crippen molar-refractivity contribution in [1.29, 1.82) is 0 Å². The van der Waals surface area contributed by atoms with E-state index in [0.29, 0.717) is 36.0 Å². The Balaban J connectivity index is 1.43. The maximum Gasteiger partial charge on any atom is 0.306 e. The molecule has 12 heteroatoms. The zero-order chi connectivity index (χ0) is 26.2. The number of aryl methyl sites for hydroxylation is 2. The molecule has 0 atom stereocenters. The van der Waals surface area contributed by atoms with Gasteiger partial charge in [0.2, 0.25) is 10.0 Å². The molecule has 1 aliphatic heterocycles. The van der Waals surface area contributed by atoms with Crippen LogP contribution in [0.25, 0.3) is 10.2 Å². The molecule has 0 unspecified atom stereocenters. The summed E-state index contributed by atoms with van der Waals surface area (Å²) >= 11 is 7.92. The van der Waals surface area contributed by atoms with Crippen molar-refractivity contribution in [2.75, 3.05) is 25.5 Å². The number of hydrogen-bond donors (Lipinski definition) is 2. The minimum absolute atomic E-state index is 0.193. The van der Waals surface area contributed by atoms with E-state index in [1.807, 2.05) is 18.2 Å². The van der Waals surface area contributed by atoms with Crippen molar-refractivity contribution in [3.05, 3.63) is 45.1 Å². The topological polar surface area (TPSA) is 122 Å². The number of carboxylic acids is 1. The number of rotatable bonds is 8. The molecule has 0 amide bonds. The van der Waals surface area contributed by atoms with E-state index in [4.69, 9.17) is 21.3 Å². The molecule has 1 fully saturated rings. The molecule has 5 rings (SSSR count). The standard InChI is InChI=1S/C25H29ClN4O5S2/c1-35-19-7-6-15(12-18(19)26)13-27-23-22-17-4-2-3-5-20(17)36-24(22)29-21(28-23)14-37(33,34)30-10-8-16(9-11-30)25(31)32/h6-7,12,16H,2-5,8-11,13-14H2,1H3,(H,31,32)(H,27,28,29). The Morgan fingerprint density at radius 1 is 1.24 bits per heavy atom. The summed E-state index contributed by atoms with van der Waals surface area (Å²) in [6.45, 7) is 0.839. The van der Waals surface area contributed by atoms with Crippen LogP contribution in [-0.2, 0) is 40.0 Å². The second-order valence-electron chi connectivity index (χ2n) is 9.47. The molecule has 2 N–H and O–H groups in total. The van der Waals surface area contributed by atoms with Gasteiger partial charge in [0, 0.05) is 24.5 Å². The summed E-state index contributed by atoms with van der Waals surface area (Å²) in [7, 11) is -2.12. The number of nitrogens with one attached hydrogen (secondary N) is 1. The van der Waals surface area contributed by atoms with Crippen LogP contribution in [0.3, 0.4) is 0 Å². The molecule has 0 spiro atoms. The van der Waals surface area contributed by atoms with E-state index < -0.39 is 21.9 Å². The van der Waals surface area contributed by atoms with Crippen LogP contribution >= 0.6 is 22.9 Å². The monoisotopic (exact) mass is 564 g/mol. The first-order valence-electron chi connectivity index (χ1n) is 12.3. The fourth-order valence-corrected chi connectivity index (χ4v) is 8.00. The van der Waals surface area contributed by atoms with Crippen molar-refractivity contribution in [1.82, 2.24) is 14.3 Å². The van der Waals surface area contributed by atoms with E-state index in [2.05, 4.69) is 10.3 Å². The van der Waals surface area contributed by atoms with Crippen LogP contribution in [0.2, 0.25) is 5.02 Å². The van der Waals surface area contributed by atoms with E-state index in [0.717, 1.165) is 41.5 Å². The minimum Gasteiger partial charge on any atom is -0.495 e. The molecule has 1 aromatic carbocycles. The molecule has 9 nitrogen and oxygen atoms in total. The number of carboxylic acid groups (broad SMARTS) is 1. The maximum atomic E-state index is 13.2. The van der Waals surface area contributed by atoms with Crippen molar-refractivity contribution >= 4 is 55.0 Å². The molecule has 198 valence electrons. The molecule has 2 aliphatic rings. The molecule has 0 saturated carbocycles. The summed E-state index contributed by atoms with van der Waals surface area (Å²) in [4.78, 5) is 22.7. The summed E-state index contributed by atoms with van der Waals surface area (Å²) in [6.07, 6.45) is 4.81. The first kappa shape index (κ1) is 26.1. The SMILES string of the molecule is COc1ccc(CNc2nc(CS(=O)(=O)N3CCC(C(=O)O)CC3)nc3sc4c(c23)CCCC4)cc1Cl. The van der Waals surface area contributed by atoms with Crippen molar-refractivity contribution in [2.24, 2.45) is 5.92 Å². The van der Waals surface area contributed by atoms with Crippen LogP contribution in [0.4, 0.5) is 5.82 Å². The lowest BCUT2D eigenvalue weighted by Gasteiger charge is -2.29. The van der Waals surface area contributed by atoms with Crippen molar-refractivity contribution < 1.29 is 23.1 Å². The average Bonchev–Trinajstić information content (AvgIpc) is 3.25. The van der Waals surface area contributed by atoms with Crippen molar-refractivity contribution in [3.8, 4) is 5.75 Å². The number of thiophene rings is 1. The number of piperidine rings is 1. The van der Waals surface area contributed by atoms with E-state index >= 15 is 0 Å². The van der Waals surface area contributed by atoms with E-state index in [-0.39, 0.29) is 24.7 Å². The lowest BCUT2D eigenvalue weighted by Crippen LogP contribution is -2.40. The van der Waals surface area contributed by atoms with Gasteiger partial charge < -0.3 is 15.2 Å². The second-order valence-corrected chi connectivity index (χ2v) is 12.9. The molecular formula is C25H29ClN4O5S2. The molecular weight excluding hydrogens is 536 g/mol. The smallest absolute Gasteiger partial charge is 0.306 e.